The van der Waals surface area contributed by atoms with Crippen LogP contribution in [0.25, 0.3) is 0 Å². The number of carbonyl (C=O) groups excluding carboxylic acids is 2. The fourth-order valence-electron chi connectivity index (χ4n) is 2.56. The molecule has 158 valence electrons. The number of unbranched alkanes of at least 4 members (excludes halogenated alkanes) is 3. The molecule has 1 unspecified atom stereocenters. The SMILES string of the molecule is CCCCCCNSC1CC(=O)N(CCNSSC(C)(C)CNCC)C1=O. The summed E-state index contributed by atoms with van der Waals surface area (Å²) < 4.78 is 6.63. The van der Waals surface area contributed by atoms with E-state index in [0.29, 0.717) is 19.5 Å². The summed E-state index contributed by atoms with van der Waals surface area (Å²) in [6.45, 7) is 12.5. The van der Waals surface area contributed by atoms with E-state index in [1.165, 1.54) is 36.1 Å². The average Bonchev–Trinajstić information content (AvgIpc) is 2.90. The van der Waals surface area contributed by atoms with Gasteiger partial charge in [-0.05, 0) is 37.8 Å². The van der Waals surface area contributed by atoms with Crippen molar-refractivity contribution in [3.05, 3.63) is 0 Å². The number of rotatable bonds is 16. The van der Waals surface area contributed by atoms with Crippen LogP contribution in [-0.2, 0) is 9.59 Å². The van der Waals surface area contributed by atoms with Gasteiger partial charge in [-0.1, -0.05) is 55.9 Å². The Hall–Kier alpha value is 0.0700. The number of nitrogens with one attached hydrogen (secondary N) is 3. The van der Waals surface area contributed by atoms with Crippen molar-refractivity contribution in [2.45, 2.75) is 69.8 Å². The lowest BCUT2D eigenvalue weighted by Gasteiger charge is -2.23. The average molecular weight is 437 g/mol. The predicted molar refractivity (Wildman–Crippen MR) is 121 cm³/mol. The van der Waals surface area contributed by atoms with E-state index in [-0.39, 0.29) is 21.8 Å². The van der Waals surface area contributed by atoms with Crippen molar-refractivity contribution >= 4 is 45.5 Å². The Labute approximate surface area is 177 Å². The van der Waals surface area contributed by atoms with Crippen LogP contribution in [0.2, 0.25) is 0 Å². The standard InChI is InChI=1S/C18H36N4O2S3/c1-5-7-8-9-10-20-25-15-13-16(23)22(17(15)24)12-11-21-27-26-18(3,4)14-19-6-2/h15,19-21H,5-14H2,1-4H3. The lowest BCUT2D eigenvalue weighted by Crippen LogP contribution is -2.36. The molecule has 1 rings (SSSR count). The highest BCUT2D eigenvalue weighted by atomic mass is 33.1. The summed E-state index contributed by atoms with van der Waals surface area (Å²) in [7, 11) is 3.34. The summed E-state index contributed by atoms with van der Waals surface area (Å²) in [4.78, 5) is 25.9. The zero-order chi connectivity index (χ0) is 20.1. The van der Waals surface area contributed by atoms with Gasteiger partial charge in [-0.3, -0.25) is 23.9 Å². The maximum Gasteiger partial charge on any atom is 0.244 e. The fraction of sp³-hybridized carbons (Fsp3) is 0.889. The van der Waals surface area contributed by atoms with Crippen LogP contribution in [-0.4, -0.2) is 59.4 Å². The summed E-state index contributed by atoms with van der Waals surface area (Å²) >= 11 is 1.41. The molecule has 0 radical (unpaired) electrons. The van der Waals surface area contributed by atoms with E-state index in [0.717, 1.165) is 26.1 Å². The predicted octanol–water partition coefficient (Wildman–Crippen LogP) is 3.21. The topological polar surface area (TPSA) is 73.5 Å². The summed E-state index contributed by atoms with van der Waals surface area (Å²) in [6.07, 6.45) is 5.10. The quantitative estimate of drug-likeness (QED) is 0.147. The Bertz CT molecular complexity index is 452. The van der Waals surface area contributed by atoms with Crippen LogP contribution in [0.3, 0.4) is 0 Å². The van der Waals surface area contributed by atoms with Crippen molar-refractivity contribution in [3.63, 3.8) is 0 Å². The smallest absolute Gasteiger partial charge is 0.244 e. The van der Waals surface area contributed by atoms with Crippen molar-refractivity contribution in [1.29, 1.82) is 0 Å². The van der Waals surface area contributed by atoms with Gasteiger partial charge in [0.05, 0.1) is 0 Å². The minimum absolute atomic E-state index is 0.0574. The first-order valence-corrected chi connectivity index (χ1v) is 12.9. The van der Waals surface area contributed by atoms with Crippen LogP contribution in [0.15, 0.2) is 0 Å². The zero-order valence-corrected chi connectivity index (χ0v) is 19.6. The van der Waals surface area contributed by atoms with Crippen molar-refractivity contribution < 1.29 is 9.59 Å². The van der Waals surface area contributed by atoms with E-state index < -0.39 is 0 Å². The molecule has 0 aromatic carbocycles. The van der Waals surface area contributed by atoms with Gasteiger partial charge in [0.2, 0.25) is 11.8 Å². The number of hydrogen-bond acceptors (Lipinski definition) is 8. The van der Waals surface area contributed by atoms with Crippen LogP contribution < -0.4 is 14.8 Å². The van der Waals surface area contributed by atoms with E-state index in [1.807, 2.05) is 0 Å². The number of amides is 2. The second-order valence-electron chi connectivity index (χ2n) is 7.25. The lowest BCUT2D eigenvalue weighted by molar-refractivity contribution is -0.138. The van der Waals surface area contributed by atoms with Gasteiger partial charge in [-0.2, -0.15) is 0 Å². The van der Waals surface area contributed by atoms with E-state index in [1.54, 1.807) is 21.8 Å². The normalized spacial score (nSPS) is 17.9. The molecule has 1 aliphatic rings. The maximum atomic E-state index is 12.4. The van der Waals surface area contributed by atoms with Crippen molar-refractivity contribution in [2.75, 3.05) is 32.7 Å². The lowest BCUT2D eigenvalue weighted by atomic mass is 10.2. The molecular formula is C18H36N4O2S3. The minimum Gasteiger partial charge on any atom is -0.316 e. The molecule has 0 aromatic rings. The molecule has 0 saturated carbocycles. The van der Waals surface area contributed by atoms with E-state index >= 15 is 0 Å². The number of imide groups is 1. The van der Waals surface area contributed by atoms with Crippen LogP contribution in [0.4, 0.5) is 0 Å². The van der Waals surface area contributed by atoms with E-state index in [2.05, 4.69) is 42.5 Å². The molecule has 1 aliphatic heterocycles. The second-order valence-corrected chi connectivity index (χ2v) is 11.1. The maximum absolute atomic E-state index is 12.4. The minimum atomic E-state index is -0.273. The highest BCUT2D eigenvalue weighted by molar-refractivity contribution is 8.76. The molecule has 1 heterocycles. The highest BCUT2D eigenvalue weighted by Crippen LogP contribution is 2.32. The van der Waals surface area contributed by atoms with Crippen LogP contribution >= 0.6 is 33.7 Å². The largest absolute Gasteiger partial charge is 0.316 e. The molecule has 0 aromatic heterocycles. The Kier molecular flexibility index (Phi) is 13.1. The molecule has 0 spiro atoms. The first-order valence-electron chi connectivity index (χ1n) is 9.92. The van der Waals surface area contributed by atoms with Gasteiger partial charge in [0, 0.05) is 37.3 Å². The van der Waals surface area contributed by atoms with Crippen LogP contribution in [0.5, 0.6) is 0 Å². The summed E-state index contributed by atoms with van der Waals surface area (Å²) in [5.74, 6) is -0.116. The molecule has 9 heteroatoms. The van der Waals surface area contributed by atoms with Gasteiger partial charge in [0.25, 0.3) is 0 Å². The van der Waals surface area contributed by atoms with Gasteiger partial charge in [-0.25, -0.2) is 0 Å². The molecule has 1 atom stereocenters. The Morgan fingerprint density at radius 1 is 1.11 bits per heavy atom. The zero-order valence-electron chi connectivity index (χ0n) is 17.1. The first kappa shape index (κ1) is 25.1. The fourth-order valence-corrected chi connectivity index (χ4v) is 5.38. The molecule has 6 nitrogen and oxygen atoms in total. The Balaban J connectivity index is 2.18. The number of hydrogen-bond donors (Lipinski definition) is 3. The highest BCUT2D eigenvalue weighted by Gasteiger charge is 2.38. The Morgan fingerprint density at radius 3 is 2.59 bits per heavy atom. The molecule has 1 fully saturated rings. The third-order valence-electron chi connectivity index (χ3n) is 4.12. The third kappa shape index (κ3) is 10.4. The van der Waals surface area contributed by atoms with Gasteiger partial charge >= 0.3 is 0 Å². The molecule has 0 bridgehead atoms. The molecule has 27 heavy (non-hydrogen) atoms. The monoisotopic (exact) mass is 436 g/mol. The first-order chi connectivity index (χ1) is 12.9. The second kappa shape index (κ2) is 14.1. The van der Waals surface area contributed by atoms with Gasteiger partial charge < -0.3 is 5.32 Å². The van der Waals surface area contributed by atoms with E-state index in [4.69, 9.17) is 0 Å². The molecular weight excluding hydrogens is 400 g/mol. The molecule has 2 amide bonds. The molecule has 1 saturated heterocycles. The number of likely N-dealkylation sites (tertiary alicyclic amines) is 1. The van der Waals surface area contributed by atoms with Crippen molar-refractivity contribution in [3.8, 4) is 0 Å². The number of nitrogens with zero attached hydrogens (tertiary/aromatic N) is 1. The van der Waals surface area contributed by atoms with Crippen LogP contribution in [0, 0.1) is 0 Å². The van der Waals surface area contributed by atoms with Crippen molar-refractivity contribution in [1.82, 2.24) is 19.7 Å². The third-order valence-corrected chi connectivity index (χ3v) is 8.11. The summed E-state index contributed by atoms with van der Waals surface area (Å²) in [6, 6.07) is 0. The summed E-state index contributed by atoms with van der Waals surface area (Å²) in [5.41, 5.74) is 0. The molecule has 0 aliphatic carbocycles. The molecule has 3 N–H and O–H groups in total. The Morgan fingerprint density at radius 2 is 1.89 bits per heavy atom. The van der Waals surface area contributed by atoms with E-state index in [9.17, 15) is 9.59 Å². The van der Waals surface area contributed by atoms with Gasteiger partial charge in [-0.15, -0.1) is 0 Å². The number of carbonyl (C=O) groups is 2. The van der Waals surface area contributed by atoms with Crippen LogP contribution in [0.1, 0.15) is 59.8 Å². The van der Waals surface area contributed by atoms with Gasteiger partial charge in [0.1, 0.15) is 5.25 Å². The summed E-state index contributed by atoms with van der Waals surface area (Å²) in [5, 5.41) is 3.08. The van der Waals surface area contributed by atoms with Crippen molar-refractivity contribution in [2.24, 2.45) is 0 Å². The van der Waals surface area contributed by atoms with Gasteiger partial charge in [0.15, 0.2) is 0 Å².